The van der Waals surface area contributed by atoms with E-state index >= 15 is 0 Å². The predicted molar refractivity (Wildman–Crippen MR) is 95.0 cm³/mol. The van der Waals surface area contributed by atoms with Crippen molar-refractivity contribution >= 4 is 21.6 Å². The first-order valence-electron chi connectivity index (χ1n) is 8.09. The molecule has 1 fully saturated rings. The molecule has 1 aliphatic heterocycles. The zero-order chi connectivity index (χ0) is 16.4. The fourth-order valence-electron chi connectivity index (χ4n) is 3.03. The van der Waals surface area contributed by atoms with Gasteiger partial charge >= 0.3 is 0 Å². The van der Waals surface area contributed by atoms with Gasteiger partial charge in [0, 0.05) is 38.9 Å². The smallest absolute Gasteiger partial charge is 0.268 e. The third-order valence-electron chi connectivity index (χ3n) is 4.31. The van der Waals surface area contributed by atoms with Gasteiger partial charge in [-0.2, -0.15) is 0 Å². The Balaban J connectivity index is 1.36. The van der Waals surface area contributed by atoms with Crippen LogP contribution in [0.1, 0.15) is 11.5 Å². The number of fused-ring (bicyclic) bond motifs is 1. The second kappa shape index (κ2) is 6.80. The maximum absolute atomic E-state index is 12.0. The summed E-state index contributed by atoms with van der Waals surface area (Å²) in [6.07, 6.45) is 1.84. The Kier molecular flexibility index (Phi) is 4.38. The molecule has 0 aromatic carbocycles. The zero-order valence-corrected chi connectivity index (χ0v) is 14.1. The molecule has 0 atom stereocenters. The van der Waals surface area contributed by atoms with Gasteiger partial charge in [0.15, 0.2) is 0 Å². The second-order valence-corrected chi connectivity index (χ2v) is 6.94. The summed E-state index contributed by atoms with van der Waals surface area (Å²) in [5.74, 6) is 0.754. The molecule has 0 radical (unpaired) electrons. The maximum atomic E-state index is 12.0. The number of thiophene rings is 1. The standard InChI is InChI=1S/C17H19N5OS/c23-17-16-14(4-10-24-16)19-15(20-17)12-22-8-6-21(7-9-22)11-13-3-1-2-5-18-13/h1-5,10H,6-9,11-12H2,(H,19,20,23). The molecule has 1 aliphatic rings. The summed E-state index contributed by atoms with van der Waals surface area (Å²) in [5, 5.41) is 1.91. The van der Waals surface area contributed by atoms with Crippen molar-refractivity contribution in [3.05, 3.63) is 57.7 Å². The van der Waals surface area contributed by atoms with Crippen molar-refractivity contribution in [2.24, 2.45) is 0 Å². The second-order valence-electron chi connectivity index (χ2n) is 6.02. The van der Waals surface area contributed by atoms with Crippen molar-refractivity contribution in [1.29, 1.82) is 0 Å². The summed E-state index contributed by atoms with van der Waals surface area (Å²) in [6, 6.07) is 7.95. The minimum atomic E-state index is -0.0289. The molecule has 0 bridgehead atoms. The van der Waals surface area contributed by atoms with Crippen LogP contribution in [0.4, 0.5) is 0 Å². The Hall–Kier alpha value is -2.09. The molecule has 3 aromatic heterocycles. The molecule has 0 aliphatic carbocycles. The molecule has 24 heavy (non-hydrogen) atoms. The minimum absolute atomic E-state index is 0.0289. The summed E-state index contributed by atoms with van der Waals surface area (Å²) < 4.78 is 0.707. The van der Waals surface area contributed by atoms with E-state index in [-0.39, 0.29) is 5.56 Å². The highest BCUT2D eigenvalue weighted by Crippen LogP contribution is 2.15. The van der Waals surface area contributed by atoms with Gasteiger partial charge < -0.3 is 4.98 Å². The van der Waals surface area contributed by atoms with Crippen molar-refractivity contribution in [2.45, 2.75) is 13.1 Å². The normalized spacial score (nSPS) is 16.7. The van der Waals surface area contributed by atoms with Crippen LogP contribution < -0.4 is 5.56 Å². The van der Waals surface area contributed by atoms with Gasteiger partial charge in [-0.25, -0.2) is 4.98 Å². The van der Waals surface area contributed by atoms with Crippen molar-refractivity contribution in [1.82, 2.24) is 24.8 Å². The van der Waals surface area contributed by atoms with Gasteiger partial charge in [0.25, 0.3) is 5.56 Å². The van der Waals surface area contributed by atoms with Gasteiger partial charge in [-0.05, 0) is 23.6 Å². The topological polar surface area (TPSA) is 65.1 Å². The lowest BCUT2D eigenvalue weighted by Gasteiger charge is -2.34. The van der Waals surface area contributed by atoms with Crippen LogP contribution in [-0.2, 0) is 13.1 Å². The number of H-pyrrole nitrogens is 1. The van der Waals surface area contributed by atoms with E-state index in [2.05, 4.69) is 30.8 Å². The molecule has 0 amide bonds. The minimum Gasteiger partial charge on any atom is -0.308 e. The molecule has 4 heterocycles. The Morgan fingerprint density at radius 1 is 1.08 bits per heavy atom. The summed E-state index contributed by atoms with van der Waals surface area (Å²) in [7, 11) is 0. The average Bonchev–Trinajstić information content (AvgIpc) is 3.07. The van der Waals surface area contributed by atoms with Gasteiger partial charge in [0.1, 0.15) is 10.5 Å². The van der Waals surface area contributed by atoms with Crippen LogP contribution in [0.5, 0.6) is 0 Å². The number of nitrogens with one attached hydrogen (secondary N) is 1. The number of aromatic nitrogens is 3. The highest BCUT2D eigenvalue weighted by molar-refractivity contribution is 7.17. The number of pyridine rings is 1. The quantitative estimate of drug-likeness (QED) is 0.782. The molecule has 0 unspecified atom stereocenters. The number of nitrogens with zero attached hydrogens (tertiary/aromatic N) is 4. The Morgan fingerprint density at radius 2 is 1.88 bits per heavy atom. The molecule has 4 rings (SSSR count). The van der Waals surface area contributed by atoms with Crippen LogP contribution in [0.3, 0.4) is 0 Å². The first-order chi connectivity index (χ1) is 11.8. The molecule has 6 nitrogen and oxygen atoms in total. The Morgan fingerprint density at radius 3 is 2.62 bits per heavy atom. The Labute approximate surface area is 143 Å². The zero-order valence-electron chi connectivity index (χ0n) is 13.3. The molecule has 124 valence electrons. The van der Waals surface area contributed by atoms with Gasteiger partial charge in [-0.3, -0.25) is 19.6 Å². The SMILES string of the molecule is O=c1[nH]c(CN2CCN(Cc3ccccn3)CC2)nc2ccsc12. The Bertz CT molecular complexity index is 867. The first kappa shape index (κ1) is 15.4. The molecule has 0 spiro atoms. The van der Waals surface area contributed by atoms with E-state index in [9.17, 15) is 4.79 Å². The lowest BCUT2D eigenvalue weighted by atomic mass is 10.2. The fraction of sp³-hybridized carbons (Fsp3) is 0.353. The number of aromatic amines is 1. The highest BCUT2D eigenvalue weighted by Gasteiger charge is 2.18. The molecule has 1 N–H and O–H groups in total. The molecular weight excluding hydrogens is 322 g/mol. The molecule has 3 aromatic rings. The number of hydrogen-bond acceptors (Lipinski definition) is 6. The van der Waals surface area contributed by atoms with E-state index in [1.165, 1.54) is 11.3 Å². The molecular formula is C17H19N5OS. The first-order valence-corrected chi connectivity index (χ1v) is 8.97. The van der Waals surface area contributed by atoms with Crippen LogP contribution in [-0.4, -0.2) is 50.9 Å². The molecule has 0 saturated carbocycles. The third kappa shape index (κ3) is 3.38. The van der Waals surface area contributed by atoms with E-state index in [0.717, 1.165) is 49.8 Å². The van der Waals surface area contributed by atoms with Crippen molar-refractivity contribution in [2.75, 3.05) is 26.2 Å². The third-order valence-corrected chi connectivity index (χ3v) is 5.22. The molecule has 1 saturated heterocycles. The lowest BCUT2D eigenvalue weighted by molar-refractivity contribution is 0.119. The van der Waals surface area contributed by atoms with Crippen LogP contribution in [0.25, 0.3) is 10.2 Å². The van der Waals surface area contributed by atoms with Crippen molar-refractivity contribution < 1.29 is 0 Å². The summed E-state index contributed by atoms with van der Waals surface area (Å²) in [4.78, 5) is 28.7. The fourth-order valence-corrected chi connectivity index (χ4v) is 3.76. The van der Waals surface area contributed by atoms with Crippen LogP contribution in [0.2, 0.25) is 0 Å². The van der Waals surface area contributed by atoms with E-state index in [1.807, 2.05) is 29.8 Å². The van der Waals surface area contributed by atoms with Gasteiger partial charge in [0.2, 0.25) is 0 Å². The summed E-state index contributed by atoms with van der Waals surface area (Å²) >= 11 is 1.44. The predicted octanol–water partition coefficient (Wildman–Crippen LogP) is 1.70. The average molecular weight is 341 g/mol. The highest BCUT2D eigenvalue weighted by atomic mass is 32.1. The molecule has 7 heteroatoms. The van der Waals surface area contributed by atoms with E-state index in [4.69, 9.17) is 0 Å². The van der Waals surface area contributed by atoms with E-state index in [1.54, 1.807) is 0 Å². The van der Waals surface area contributed by atoms with E-state index in [0.29, 0.717) is 11.2 Å². The number of hydrogen-bond donors (Lipinski definition) is 1. The van der Waals surface area contributed by atoms with Gasteiger partial charge in [0.05, 0.1) is 17.8 Å². The number of piperazine rings is 1. The van der Waals surface area contributed by atoms with Crippen molar-refractivity contribution in [3.63, 3.8) is 0 Å². The van der Waals surface area contributed by atoms with Crippen LogP contribution >= 0.6 is 11.3 Å². The summed E-state index contributed by atoms with van der Waals surface area (Å²) in [5.41, 5.74) is 1.88. The van der Waals surface area contributed by atoms with Crippen LogP contribution in [0, 0.1) is 0 Å². The van der Waals surface area contributed by atoms with Gasteiger partial charge in [-0.15, -0.1) is 11.3 Å². The van der Waals surface area contributed by atoms with Crippen LogP contribution in [0.15, 0.2) is 40.6 Å². The maximum Gasteiger partial charge on any atom is 0.268 e. The van der Waals surface area contributed by atoms with Crippen molar-refractivity contribution in [3.8, 4) is 0 Å². The monoisotopic (exact) mass is 341 g/mol. The largest absolute Gasteiger partial charge is 0.308 e. The summed E-state index contributed by atoms with van der Waals surface area (Å²) in [6.45, 7) is 5.53. The number of rotatable bonds is 4. The van der Waals surface area contributed by atoms with E-state index < -0.39 is 0 Å². The lowest BCUT2D eigenvalue weighted by Crippen LogP contribution is -2.45. The van der Waals surface area contributed by atoms with Gasteiger partial charge in [-0.1, -0.05) is 6.07 Å².